The fourth-order valence-electron chi connectivity index (χ4n) is 2.48. The second-order valence-electron chi connectivity index (χ2n) is 5.25. The standard InChI is InChI=1S/C19H13ClN2O/c1-12-4-2-3-5-13(12)8-14(10-21)19(23)17-11-22-18-9-15(20)6-7-16(17)18/h2-9,11,22H,1H3/b14-8+. The average Bonchev–Trinajstić information content (AvgIpc) is 2.96. The minimum atomic E-state index is -0.302. The van der Waals surface area contributed by atoms with Gasteiger partial charge in [-0.15, -0.1) is 0 Å². The molecule has 0 aliphatic rings. The molecule has 0 atom stereocenters. The van der Waals surface area contributed by atoms with Crippen LogP contribution < -0.4 is 0 Å². The van der Waals surface area contributed by atoms with E-state index in [9.17, 15) is 10.1 Å². The van der Waals surface area contributed by atoms with Gasteiger partial charge in [-0.05, 0) is 36.3 Å². The second kappa shape index (κ2) is 6.12. The molecule has 0 radical (unpaired) electrons. The molecule has 3 nitrogen and oxygen atoms in total. The Kier molecular flexibility index (Phi) is 4.01. The number of carbonyl (C=O) groups excluding carboxylic acids is 1. The summed E-state index contributed by atoms with van der Waals surface area (Å²) in [5, 5.41) is 10.7. The molecule has 2 aromatic carbocycles. The smallest absolute Gasteiger partial charge is 0.205 e. The molecule has 1 heterocycles. The Morgan fingerprint density at radius 2 is 2.04 bits per heavy atom. The minimum Gasteiger partial charge on any atom is -0.360 e. The van der Waals surface area contributed by atoms with Crippen LogP contribution in [0.15, 0.2) is 54.2 Å². The molecule has 0 saturated carbocycles. The maximum Gasteiger partial charge on any atom is 0.205 e. The van der Waals surface area contributed by atoms with E-state index in [0.29, 0.717) is 10.6 Å². The lowest BCUT2D eigenvalue weighted by Crippen LogP contribution is -2.01. The number of aromatic amines is 1. The Morgan fingerprint density at radius 3 is 2.78 bits per heavy atom. The predicted octanol–water partition coefficient (Wildman–Crippen LogP) is 4.92. The largest absolute Gasteiger partial charge is 0.360 e. The van der Waals surface area contributed by atoms with Crippen molar-refractivity contribution in [2.45, 2.75) is 6.92 Å². The van der Waals surface area contributed by atoms with Crippen LogP contribution in [0.1, 0.15) is 21.5 Å². The first kappa shape index (κ1) is 15.1. The van der Waals surface area contributed by atoms with Crippen molar-refractivity contribution in [3.63, 3.8) is 0 Å². The second-order valence-corrected chi connectivity index (χ2v) is 5.68. The summed E-state index contributed by atoms with van der Waals surface area (Å²) in [5.41, 5.74) is 3.22. The summed E-state index contributed by atoms with van der Waals surface area (Å²) >= 11 is 5.95. The van der Waals surface area contributed by atoms with Gasteiger partial charge in [-0.3, -0.25) is 4.79 Å². The summed E-state index contributed by atoms with van der Waals surface area (Å²) in [4.78, 5) is 15.7. The van der Waals surface area contributed by atoms with Gasteiger partial charge in [-0.1, -0.05) is 41.9 Å². The van der Waals surface area contributed by atoms with Crippen molar-refractivity contribution in [3.8, 4) is 6.07 Å². The Balaban J connectivity index is 2.06. The van der Waals surface area contributed by atoms with Gasteiger partial charge in [0.1, 0.15) is 11.6 Å². The van der Waals surface area contributed by atoms with E-state index in [1.165, 1.54) is 0 Å². The summed E-state index contributed by atoms with van der Waals surface area (Å²) in [5.74, 6) is -0.302. The van der Waals surface area contributed by atoms with Gasteiger partial charge in [0.15, 0.2) is 0 Å². The quantitative estimate of drug-likeness (QED) is 0.423. The maximum atomic E-state index is 12.7. The number of nitrogens with zero attached hydrogens (tertiary/aromatic N) is 1. The highest BCUT2D eigenvalue weighted by molar-refractivity contribution is 6.31. The number of benzene rings is 2. The molecular formula is C19H13ClN2O. The highest BCUT2D eigenvalue weighted by Gasteiger charge is 2.17. The molecule has 0 fully saturated rings. The van der Waals surface area contributed by atoms with Crippen molar-refractivity contribution in [1.29, 1.82) is 5.26 Å². The van der Waals surface area contributed by atoms with Gasteiger partial charge >= 0.3 is 0 Å². The van der Waals surface area contributed by atoms with Gasteiger partial charge in [0.05, 0.1) is 0 Å². The normalized spacial score (nSPS) is 11.4. The van der Waals surface area contributed by atoms with Gasteiger partial charge < -0.3 is 4.98 Å². The monoisotopic (exact) mass is 320 g/mol. The SMILES string of the molecule is Cc1ccccc1/C=C(\C#N)C(=O)c1c[nH]c2cc(Cl)ccc12. The molecule has 0 aliphatic heterocycles. The molecule has 1 aromatic heterocycles. The lowest BCUT2D eigenvalue weighted by molar-refractivity contribution is 0.104. The lowest BCUT2D eigenvalue weighted by atomic mass is 10.00. The highest BCUT2D eigenvalue weighted by Crippen LogP contribution is 2.24. The van der Waals surface area contributed by atoms with Crippen molar-refractivity contribution in [3.05, 3.63) is 75.9 Å². The number of halogens is 1. The number of H-pyrrole nitrogens is 1. The number of rotatable bonds is 3. The Hall–Kier alpha value is -2.83. The number of aryl methyl sites for hydroxylation is 1. The van der Waals surface area contributed by atoms with Gasteiger partial charge in [0.2, 0.25) is 5.78 Å². The van der Waals surface area contributed by atoms with Crippen LogP contribution in [-0.2, 0) is 0 Å². The summed E-state index contributed by atoms with van der Waals surface area (Å²) in [6.07, 6.45) is 3.25. The van der Waals surface area contributed by atoms with E-state index in [-0.39, 0.29) is 11.4 Å². The first-order valence-corrected chi connectivity index (χ1v) is 7.46. The van der Waals surface area contributed by atoms with E-state index < -0.39 is 0 Å². The number of hydrogen-bond acceptors (Lipinski definition) is 2. The molecular weight excluding hydrogens is 308 g/mol. The maximum absolute atomic E-state index is 12.7. The van der Waals surface area contributed by atoms with Crippen molar-refractivity contribution in [2.75, 3.05) is 0 Å². The summed E-state index contributed by atoms with van der Waals surface area (Å²) < 4.78 is 0. The summed E-state index contributed by atoms with van der Waals surface area (Å²) in [6, 6.07) is 14.9. The van der Waals surface area contributed by atoms with E-state index >= 15 is 0 Å². The number of nitrogens with one attached hydrogen (secondary N) is 1. The van der Waals surface area contributed by atoms with E-state index in [1.807, 2.05) is 37.3 Å². The third-order valence-electron chi connectivity index (χ3n) is 3.74. The van der Waals surface area contributed by atoms with Crippen molar-refractivity contribution >= 4 is 34.4 Å². The number of aromatic nitrogens is 1. The zero-order chi connectivity index (χ0) is 16.4. The van der Waals surface area contributed by atoms with E-state index in [4.69, 9.17) is 11.6 Å². The predicted molar refractivity (Wildman–Crippen MR) is 92.4 cm³/mol. The van der Waals surface area contributed by atoms with Crippen molar-refractivity contribution in [1.82, 2.24) is 4.98 Å². The Bertz CT molecular complexity index is 976. The van der Waals surface area contributed by atoms with Gasteiger partial charge in [0, 0.05) is 27.7 Å². The van der Waals surface area contributed by atoms with Crippen molar-refractivity contribution in [2.24, 2.45) is 0 Å². The zero-order valence-electron chi connectivity index (χ0n) is 12.4. The van der Waals surface area contributed by atoms with Gasteiger partial charge in [-0.25, -0.2) is 0 Å². The molecule has 0 saturated heterocycles. The molecule has 0 bridgehead atoms. The fraction of sp³-hybridized carbons (Fsp3) is 0.0526. The number of nitriles is 1. The van der Waals surface area contributed by atoms with Gasteiger partial charge in [-0.2, -0.15) is 5.26 Å². The lowest BCUT2D eigenvalue weighted by Gasteiger charge is -2.01. The first-order valence-electron chi connectivity index (χ1n) is 7.09. The van der Waals surface area contributed by atoms with Crippen LogP contribution in [-0.4, -0.2) is 10.8 Å². The zero-order valence-corrected chi connectivity index (χ0v) is 13.2. The number of hydrogen-bond donors (Lipinski definition) is 1. The van der Waals surface area contributed by atoms with Crippen LogP contribution in [0.25, 0.3) is 17.0 Å². The number of allylic oxidation sites excluding steroid dienone is 1. The molecule has 0 unspecified atom stereocenters. The molecule has 112 valence electrons. The van der Waals surface area contributed by atoms with Crippen LogP contribution in [0.4, 0.5) is 0 Å². The average molecular weight is 321 g/mol. The third-order valence-corrected chi connectivity index (χ3v) is 3.98. The molecule has 3 aromatic rings. The number of fused-ring (bicyclic) bond motifs is 1. The number of carbonyl (C=O) groups is 1. The molecule has 1 N–H and O–H groups in total. The topological polar surface area (TPSA) is 56.6 Å². The van der Waals surface area contributed by atoms with E-state index in [2.05, 4.69) is 4.98 Å². The number of ketones is 1. The summed E-state index contributed by atoms with van der Waals surface area (Å²) in [7, 11) is 0. The van der Waals surface area contributed by atoms with E-state index in [0.717, 1.165) is 22.0 Å². The van der Waals surface area contributed by atoms with Crippen molar-refractivity contribution < 1.29 is 4.79 Å². The minimum absolute atomic E-state index is 0.107. The molecule has 3 rings (SSSR count). The molecule has 0 aliphatic carbocycles. The Morgan fingerprint density at radius 1 is 1.26 bits per heavy atom. The van der Waals surface area contributed by atoms with Crippen LogP contribution >= 0.6 is 11.6 Å². The molecule has 0 amide bonds. The van der Waals surface area contributed by atoms with Crippen LogP contribution in [0.2, 0.25) is 5.02 Å². The third kappa shape index (κ3) is 2.90. The van der Waals surface area contributed by atoms with Crippen LogP contribution in [0.3, 0.4) is 0 Å². The molecule has 0 spiro atoms. The van der Waals surface area contributed by atoms with Crippen LogP contribution in [0, 0.1) is 18.3 Å². The fourth-order valence-corrected chi connectivity index (χ4v) is 2.66. The Labute approximate surface area is 138 Å². The van der Waals surface area contributed by atoms with E-state index in [1.54, 1.807) is 30.5 Å². The summed E-state index contributed by atoms with van der Waals surface area (Å²) in [6.45, 7) is 1.94. The number of Topliss-reactive ketones (excluding diaryl/α,β-unsaturated/α-hetero) is 1. The molecule has 4 heteroatoms. The highest BCUT2D eigenvalue weighted by atomic mass is 35.5. The van der Waals surface area contributed by atoms with Gasteiger partial charge in [0.25, 0.3) is 0 Å². The van der Waals surface area contributed by atoms with Crippen LogP contribution in [0.5, 0.6) is 0 Å². The molecule has 23 heavy (non-hydrogen) atoms. The first-order chi connectivity index (χ1) is 11.1.